The van der Waals surface area contributed by atoms with Crippen LogP contribution in [-0.2, 0) is 9.59 Å². The van der Waals surface area contributed by atoms with Gasteiger partial charge in [-0.15, -0.1) is 0 Å². The zero-order valence-corrected chi connectivity index (χ0v) is 14.5. The molecule has 0 saturated heterocycles. The fourth-order valence-electron chi connectivity index (χ4n) is 2.05. The van der Waals surface area contributed by atoms with Crippen molar-refractivity contribution in [2.24, 2.45) is 5.92 Å². The van der Waals surface area contributed by atoms with Crippen molar-refractivity contribution in [3.05, 3.63) is 18.2 Å². The Morgan fingerprint density at radius 2 is 1.83 bits per heavy atom. The van der Waals surface area contributed by atoms with E-state index >= 15 is 0 Å². The maximum Gasteiger partial charge on any atom is 0.243 e. The van der Waals surface area contributed by atoms with Gasteiger partial charge in [0.2, 0.25) is 11.8 Å². The molecule has 0 fully saturated rings. The first-order chi connectivity index (χ1) is 10.9. The van der Waals surface area contributed by atoms with Crippen molar-refractivity contribution in [2.75, 3.05) is 32.6 Å². The number of carbonyl (C=O) groups excluding carboxylic acids is 2. The molecule has 0 bridgehead atoms. The Morgan fingerprint density at radius 3 is 2.35 bits per heavy atom. The molecule has 0 aliphatic carbocycles. The predicted molar refractivity (Wildman–Crippen MR) is 89.9 cm³/mol. The Bertz CT molecular complexity index is 543. The van der Waals surface area contributed by atoms with Crippen molar-refractivity contribution in [2.45, 2.75) is 27.2 Å². The normalized spacial score (nSPS) is 10.3. The maximum absolute atomic E-state index is 12.1. The van der Waals surface area contributed by atoms with Crippen LogP contribution in [0.3, 0.4) is 0 Å². The van der Waals surface area contributed by atoms with Gasteiger partial charge in [-0.3, -0.25) is 9.59 Å². The number of benzene rings is 1. The second-order valence-corrected chi connectivity index (χ2v) is 5.74. The van der Waals surface area contributed by atoms with Crippen molar-refractivity contribution in [3.63, 3.8) is 0 Å². The van der Waals surface area contributed by atoms with Crippen molar-refractivity contribution in [3.8, 4) is 11.5 Å². The highest BCUT2D eigenvalue weighted by Crippen LogP contribution is 2.29. The third-order valence-corrected chi connectivity index (χ3v) is 3.42. The summed E-state index contributed by atoms with van der Waals surface area (Å²) < 4.78 is 10.4. The minimum Gasteiger partial charge on any atom is -0.493 e. The van der Waals surface area contributed by atoms with Gasteiger partial charge in [-0.1, -0.05) is 13.8 Å². The topological polar surface area (TPSA) is 67.9 Å². The van der Waals surface area contributed by atoms with Crippen molar-refractivity contribution in [1.82, 2.24) is 4.90 Å². The fourth-order valence-corrected chi connectivity index (χ4v) is 2.05. The number of hydrogen-bond acceptors (Lipinski definition) is 4. The van der Waals surface area contributed by atoms with Gasteiger partial charge in [0.1, 0.15) is 0 Å². The molecule has 1 aromatic carbocycles. The highest BCUT2D eigenvalue weighted by Gasteiger charge is 2.15. The van der Waals surface area contributed by atoms with Gasteiger partial charge in [0.25, 0.3) is 0 Å². The summed E-state index contributed by atoms with van der Waals surface area (Å²) in [5.41, 5.74) is 0.597. The summed E-state index contributed by atoms with van der Waals surface area (Å²) in [7, 11) is 3.09. The highest BCUT2D eigenvalue weighted by molar-refractivity contribution is 5.94. The minimum atomic E-state index is -0.240. The number of methoxy groups -OCH3 is 2. The van der Waals surface area contributed by atoms with Crippen LogP contribution in [-0.4, -0.2) is 44.0 Å². The predicted octanol–water partition coefficient (Wildman–Crippen LogP) is 2.54. The fraction of sp³-hybridized carbons (Fsp3) is 0.529. The Labute approximate surface area is 137 Å². The number of amides is 2. The molecule has 0 saturated carbocycles. The zero-order valence-electron chi connectivity index (χ0n) is 14.5. The van der Waals surface area contributed by atoms with Gasteiger partial charge in [0.05, 0.1) is 20.8 Å². The van der Waals surface area contributed by atoms with Crippen LogP contribution in [0.25, 0.3) is 0 Å². The molecule has 0 aromatic heterocycles. The molecule has 6 heteroatoms. The van der Waals surface area contributed by atoms with Crippen molar-refractivity contribution < 1.29 is 19.1 Å². The lowest BCUT2D eigenvalue weighted by molar-refractivity contribution is -0.132. The number of ether oxygens (including phenoxy) is 2. The Hall–Kier alpha value is -2.24. The molecule has 0 aliphatic rings. The van der Waals surface area contributed by atoms with E-state index in [0.717, 1.165) is 6.42 Å². The van der Waals surface area contributed by atoms with Gasteiger partial charge in [0, 0.05) is 25.2 Å². The summed E-state index contributed by atoms with van der Waals surface area (Å²) in [6.45, 7) is 6.26. The Morgan fingerprint density at radius 1 is 1.17 bits per heavy atom. The van der Waals surface area contributed by atoms with Gasteiger partial charge in [0.15, 0.2) is 11.5 Å². The number of nitrogens with zero attached hydrogens (tertiary/aromatic N) is 1. The summed E-state index contributed by atoms with van der Waals surface area (Å²) in [6.07, 6.45) is 0.864. The summed E-state index contributed by atoms with van der Waals surface area (Å²) in [5.74, 6) is 1.26. The van der Waals surface area contributed by atoms with Crippen LogP contribution >= 0.6 is 0 Å². The van der Waals surface area contributed by atoms with Crippen molar-refractivity contribution in [1.29, 1.82) is 0 Å². The molecule has 0 atom stereocenters. The second kappa shape index (κ2) is 9.02. The molecule has 23 heavy (non-hydrogen) atoms. The van der Waals surface area contributed by atoms with Gasteiger partial charge in [-0.25, -0.2) is 0 Å². The minimum absolute atomic E-state index is 0.0381. The lowest BCUT2D eigenvalue weighted by atomic mass is 10.1. The number of anilines is 1. The van der Waals surface area contributed by atoms with Gasteiger partial charge >= 0.3 is 0 Å². The van der Waals surface area contributed by atoms with E-state index in [0.29, 0.717) is 29.6 Å². The van der Waals surface area contributed by atoms with Crippen LogP contribution in [0.15, 0.2) is 18.2 Å². The molecule has 0 spiro atoms. The Kier molecular flexibility index (Phi) is 7.38. The van der Waals surface area contributed by atoms with Crippen LogP contribution < -0.4 is 14.8 Å². The molecule has 0 aliphatic heterocycles. The molecule has 6 nitrogen and oxygen atoms in total. The molecule has 1 N–H and O–H groups in total. The summed E-state index contributed by atoms with van der Waals surface area (Å²) in [5, 5.41) is 2.77. The molecular weight excluding hydrogens is 296 g/mol. The smallest absolute Gasteiger partial charge is 0.243 e. The molecule has 0 heterocycles. The van der Waals surface area contributed by atoms with E-state index in [4.69, 9.17) is 9.47 Å². The first kappa shape index (κ1) is 18.8. The molecule has 1 rings (SSSR count). The standard InChI is InChI=1S/C17H26N2O4/c1-12(2)8-9-19(13(3)20)11-17(21)18-14-6-7-15(22-4)16(10-14)23-5/h6-7,10,12H,8-9,11H2,1-5H3,(H,18,21). The van der Waals surface area contributed by atoms with Crippen LogP contribution in [0.1, 0.15) is 27.2 Å². The molecule has 0 radical (unpaired) electrons. The summed E-state index contributed by atoms with van der Waals surface area (Å²) in [6, 6.07) is 5.13. The average molecular weight is 322 g/mol. The molecule has 2 amide bonds. The van der Waals surface area contributed by atoms with E-state index in [1.165, 1.54) is 14.0 Å². The second-order valence-electron chi connectivity index (χ2n) is 5.74. The quantitative estimate of drug-likeness (QED) is 0.798. The van der Waals surface area contributed by atoms with E-state index < -0.39 is 0 Å². The molecule has 0 unspecified atom stereocenters. The third-order valence-electron chi connectivity index (χ3n) is 3.42. The number of hydrogen-bond donors (Lipinski definition) is 1. The van der Waals surface area contributed by atoms with E-state index in [9.17, 15) is 9.59 Å². The van der Waals surface area contributed by atoms with E-state index in [2.05, 4.69) is 19.2 Å². The summed E-state index contributed by atoms with van der Waals surface area (Å²) >= 11 is 0. The van der Waals surface area contributed by atoms with Crippen molar-refractivity contribution >= 4 is 17.5 Å². The first-order valence-electron chi connectivity index (χ1n) is 7.64. The van der Waals surface area contributed by atoms with E-state index in [-0.39, 0.29) is 18.4 Å². The molecular formula is C17H26N2O4. The van der Waals surface area contributed by atoms with E-state index in [1.807, 2.05) is 0 Å². The SMILES string of the molecule is COc1ccc(NC(=O)CN(CCC(C)C)C(C)=O)cc1OC. The van der Waals surface area contributed by atoms with Crippen LogP contribution in [0, 0.1) is 5.92 Å². The lowest BCUT2D eigenvalue weighted by Crippen LogP contribution is -2.37. The molecule has 128 valence electrons. The van der Waals surface area contributed by atoms with Gasteiger partial charge in [-0.05, 0) is 24.5 Å². The van der Waals surface area contributed by atoms with E-state index in [1.54, 1.807) is 30.2 Å². The molecule has 1 aromatic rings. The monoisotopic (exact) mass is 322 g/mol. The van der Waals surface area contributed by atoms with Crippen LogP contribution in [0.5, 0.6) is 11.5 Å². The highest BCUT2D eigenvalue weighted by atomic mass is 16.5. The lowest BCUT2D eigenvalue weighted by Gasteiger charge is -2.21. The third kappa shape index (κ3) is 6.18. The van der Waals surface area contributed by atoms with Crippen LogP contribution in [0.2, 0.25) is 0 Å². The first-order valence-corrected chi connectivity index (χ1v) is 7.64. The van der Waals surface area contributed by atoms with Crippen LogP contribution in [0.4, 0.5) is 5.69 Å². The van der Waals surface area contributed by atoms with Gasteiger partial charge in [-0.2, -0.15) is 0 Å². The number of rotatable bonds is 8. The summed E-state index contributed by atoms with van der Waals surface area (Å²) in [4.78, 5) is 25.3. The Balaban J connectivity index is 2.69. The zero-order chi connectivity index (χ0) is 17.4. The number of nitrogens with one attached hydrogen (secondary N) is 1. The average Bonchev–Trinajstić information content (AvgIpc) is 2.50. The largest absolute Gasteiger partial charge is 0.493 e. The van der Waals surface area contributed by atoms with Gasteiger partial charge < -0.3 is 19.7 Å². The maximum atomic E-state index is 12.1. The number of carbonyl (C=O) groups is 2.